The first kappa shape index (κ1) is 18.5. The van der Waals surface area contributed by atoms with Crippen LogP contribution in [0.1, 0.15) is 11.1 Å². The monoisotopic (exact) mass is 398 g/mol. The van der Waals surface area contributed by atoms with E-state index in [0.717, 1.165) is 16.8 Å². The molecule has 0 N–H and O–H groups in total. The molecule has 1 fully saturated rings. The Balaban J connectivity index is 1.77. The fourth-order valence-electron chi connectivity index (χ4n) is 2.93. The summed E-state index contributed by atoms with van der Waals surface area (Å²) in [4.78, 5) is 2.42. The second kappa shape index (κ2) is 7.16. The number of benzene rings is 2. The molecule has 0 bridgehead atoms. The van der Waals surface area contributed by atoms with Gasteiger partial charge in [-0.3, -0.25) is 0 Å². The molecule has 2 aromatic carbocycles. The fourth-order valence-corrected chi connectivity index (χ4v) is 4.85. The van der Waals surface area contributed by atoms with Gasteiger partial charge in [0, 0.05) is 26.2 Å². The van der Waals surface area contributed by atoms with E-state index in [4.69, 9.17) is 23.2 Å². The molecule has 4 nitrogen and oxygen atoms in total. The van der Waals surface area contributed by atoms with Crippen molar-refractivity contribution in [1.29, 1.82) is 0 Å². The van der Waals surface area contributed by atoms with Crippen LogP contribution in [0.15, 0.2) is 41.3 Å². The molecule has 1 aliphatic rings. The van der Waals surface area contributed by atoms with E-state index in [1.54, 1.807) is 18.2 Å². The number of sulfonamides is 1. The van der Waals surface area contributed by atoms with E-state index >= 15 is 0 Å². The molecule has 3 rings (SSSR count). The number of aryl methyl sites for hydroxylation is 2. The number of hydrogen-bond donors (Lipinski definition) is 0. The number of anilines is 1. The summed E-state index contributed by atoms with van der Waals surface area (Å²) in [6.45, 7) is 5.87. The van der Waals surface area contributed by atoms with E-state index in [0.29, 0.717) is 41.1 Å². The van der Waals surface area contributed by atoms with Gasteiger partial charge in [0.25, 0.3) is 0 Å². The van der Waals surface area contributed by atoms with Gasteiger partial charge in [-0.2, -0.15) is 4.31 Å². The Kier molecular flexibility index (Phi) is 5.30. The predicted octanol–water partition coefficient (Wildman–Crippen LogP) is 4.12. The van der Waals surface area contributed by atoms with Gasteiger partial charge in [-0.25, -0.2) is 8.42 Å². The van der Waals surface area contributed by atoms with E-state index in [-0.39, 0.29) is 0 Å². The van der Waals surface area contributed by atoms with Crippen molar-refractivity contribution in [2.24, 2.45) is 0 Å². The molecule has 0 atom stereocenters. The first-order valence-electron chi connectivity index (χ1n) is 8.07. The normalized spacial score (nSPS) is 16.2. The largest absolute Gasteiger partial charge is 0.368 e. The summed E-state index contributed by atoms with van der Waals surface area (Å²) in [5, 5.41) is 1.01. The lowest BCUT2D eigenvalue weighted by Crippen LogP contribution is -2.48. The van der Waals surface area contributed by atoms with Gasteiger partial charge in [-0.05, 0) is 49.2 Å². The van der Waals surface area contributed by atoms with E-state index in [2.05, 4.69) is 4.90 Å². The van der Waals surface area contributed by atoms with Gasteiger partial charge in [0.2, 0.25) is 10.0 Å². The van der Waals surface area contributed by atoms with Crippen molar-refractivity contribution in [2.75, 3.05) is 31.1 Å². The average molecular weight is 399 g/mol. The Bertz CT molecular complexity index is 892. The van der Waals surface area contributed by atoms with Crippen LogP contribution in [0, 0.1) is 13.8 Å². The Labute approximate surface area is 159 Å². The van der Waals surface area contributed by atoms with Crippen LogP contribution in [0.4, 0.5) is 5.69 Å². The third-order valence-electron chi connectivity index (χ3n) is 4.63. The molecule has 7 heteroatoms. The smallest absolute Gasteiger partial charge is 0.243 e. The topological polar surface area (TPSA) is 40.6 Å². The number of hydrogen-bond acceptors (Lipinski definition) is 3. The van der Waals surface area contributed by atoms with Gasteiger partial charge in [-0.15, -0.1) is 0 Å². The van der Waals surface area contributed by atoms with Crippen molar-refractivity contribution >= 4 is 38.9 Å². The van der Waals surface area contributed by atoms with E-state index in [1.807, 2.05) is 32.0 Å². The highest BCUT2D eigenvalue weighted by molar-refractivity contribution is 7.89. The molecular formula is C18H20Cl2N2O2S. The Morgan fingerprint density at radius 3 is 2.24 bits per heavy atom. The van der Waals surface area contributed by atoms with Gasteiger partial charge in [0.05, 0.1) is 20.6 Å². The highest BCUT2D eigenvalue weighted by Crippen LogP contribution is 2.33. The van der Waals surface area contributed by atoms with Gasteiger partial charge in [0.1, 0.15) is 0 Å². The molecular weight excluding hydrogens is 379 g/mol. The molecule has 0 radical (unpaired) electrons. The van der Waals surface area contributed by atoms with Crippen LogP contribution in [0.2, 0.25) is 10.0 Å². The molecule has 0 unspecified atom stereocenters. The van der Waals surface area contributed by atoms with E-state index in [9.17, 15) is 8.42 Å². The molecule has 0 spiro atoms. The maximum Gasteiger partial charge on any atom is 0.243 e. The van der Waals surface area contributed by atoms with E-state index in [1.165, 1.54) is 4.31 Å². The maximum atomic E-state index is 12.9. The molecule has 25 heavy (non-hydrogen) atoms. The minimum absolute atomic E-state index is 0.352. The lowest BCUT2D eigenvalue weighted by atomic mass is 10.1. The van der Waals surface area contributed by atoms with Crippen LogP contribution >= 0.6 is 23.2 Å². The van der Waals surface area contributed by atoms with Gasteiger partial charge in [0.15, 0.2) is 0 Å². The standard InChI is InChI=1S/C18H20Cl2N2O2S/c1-13-6-7-15(12-14(13)2)25(23,24)22-10-8-21(9-11-22)17-5-3-4-16(19)18(17)20/h3-7,12H,8-11H2,1-2H3. The summed E-state index contributed by atoms with van der Waals surface area (Å²) < 4.78 is 27.3. The molecule has 0 aromatic heterocycles. The molecule has 0 saturated carbocycles. The van der Waals surface area contributed by atoms with Crippen molar-refractivity contribution in [3.05, 3.63) is 57.6 Å². The van der Waals surface area contributed by atoms with Crippen molar-refractivity contribution in [2.45, 2.75) is 18.7 Å². The summed E-state index contributed by atoms with van der Waals surface area (Å²) in [6, 6.07) is 10.8. The summed E-state index contributed by atoms with van der Waals surface area (Å²) in [6.07, 6.45) is 0. The SMILES string of the molecule is Cc1ccc(S(=O)(=O)N2CCN(c3cccc(Cl)c3Cl)CC2)cc1C. The maximum absolute atomic E-state index is 12.9. The first-order valence-corrected chi connectivity index (χ1v) is 10.3. The van der Waals surface area contributed by atoms with Crippen molar-refractivity contribution < 1.29 is 8.42 Å². The number of piperazine rings is 1. The second-order valence-electron chi connectivity index (χ2n) is 6.21. The molecule has 0 amide bonds. The van der Waals surface area contributed by atoms with Crippen LogP contribution in [-0.2, 0) is 10.0 Å². The first-order chi connectivity index (χ1) is 11.8. The van der Waals surface area contributed by atoms with Crippen molar-refractivity contribution in [3.8, 4) is 0 Å². The van der Waals surface area contributed by atoms with Gasteiger partial charge >= 0.3 is 0 Å². The lowest BCUT2D eigenvalue weighted by molar-refractivity contribution is 0.385. The minimum Gasteiger partial charge on any atom is -0.368 e. The van der Waals surface area contributed by atoms with Crippen LogP contribution in [0.3, 0.4) is 0 Å². The minimum atomic E-state index is -3.48. The van der Waals surface area contributed by atoms with Crippen LogP contribution in [0.25, 0.3) is 0 Å². The molecule has 2 aromatic rings. The van der Waals surface area contributed by atoms with E-state index < -0.39 is 10.0 Å². The Hall–Kier alpha value is -1.27. The van der Waals surface area contributed by atoms with Crippen molar-refractivity contribution in [3.63, 3.8) is 0 Å². The summed E-state index contributed by atoms with van der Waals surface area (Å²) in [7, 11) is -3.48. The molecule has 134 valence electrons. The molecule has 1 aliphatic heterocycles. The van der Waals surface area contributed by atoms with Gasteiger partial charge in [-0.1, -0.05) is 35.3 Å². The van der Waals surface area contributed by atoms with Gasteiger partial charge < -0.3 is 4.90 Å². The van der Waals surface area contributed by atoms with Crippen LogP contribution in [0.5, 0.6) is 0 Å². The number of nitrogens with zero attached hydrogens (tertiary/aromatic N) is 2. The predicted molar refractivity (Wildman–Crippen MR) is 103 cm³/mol. The highest BCUT2D eigenvalue weighted by Gasteiger charge is 2.29. The number of rotatable bonds is 3. The molecule has 0 aliphatic carbocycles. The third kappa shape index (κ3) is 3.65. The highest BCUT2D eigenvalue weighted by atomic mass is 35.5. The zero-order valence-electron chi connectivity index (χ0n) is 14.2. The average Bonchev–Trinajstić information content (AvgIpc) is 2.60. The number of halogens is 2. The zero-order chi connectivity index (χ0) is 18.2. The van der Waals surface area contributed by atoms with Crippen LogP contribution in [-0.4, -0.2) is 38.9 Å². The summed E-state index contributed by atoms with van der Waals surface area (Å²) >= 11 is 12.4. The Morgan fingerprint density at radius 2 is 1.60 bits per heavy atom. The second-order valence-corrected chi connectivity index (χ2v) is 8.93. The fraction of sp³-hybridized carbons (Fsp3) is 0.333. The quantitative estimate of drug-likeness (QED) is 0.780. The Morgan fingerprint density at radius 1 is 0.920 bits per heavy atom. The lowest BCUT2D eigenvalue weighted by Gasteiger charge is -2.36. The third-order valence-corrected chi connectivity index (χ3v) is 7.33. The summed E-state index contributed by atoms with van der Waals surface area (Å²) in [5.74, 6) is 0. The van der Waals surface area contributed by atoms with Crippen molar-refractivity contribution in [1.82, 2.24) is 4.31 Å². The molecule has 1 saturated heterocycles. The summed E-state index contributed by atoms with van der Waals surface area (Å²) in [5.41, 5.74) is 2.90. The molecule has 1 heterocycles. The van der Waals surface area contributed by atoms with Crippen LogP contribution < -0.4 is 4.90 Å². The zero-order valence-corrected chi connectivity index (χ0v) is 16.5.